The largest absolute Gasteiger partial charge is 0.478 e. The highest BCUT2D eigenvalue weighted by molar-refractivity contribution is 6.30. The van der Waals surface area contributed by atoms with Crippen molar-refractivity contribution in [3.05, 3.63) is 191 Å². The van der Waals surface area contributed by atoms with E-state index in [2.05, 4.69) is 159 Å². The number of carbonyl (C=O) groups is 2. The van der Waals surface area contributed by atoms with Gasteiger partial charge in [-0.3, -0.25) is 0 Å². The van der Waals surface area contributed by atoms with Gasteiger partial charge in [-0.05, 0) is 99.6 Å². The van der Waals surface area contributed by atoms with E-state index in [1.165, 1.54) is 41.6 Å². The minimum absolute atomic E-state index is 0. The number of likely N-dealkylation sites (tertiary alicyclic amines) is 1. The lowest BCUT2D eigenvalue weighted by Crippen LogP contribution is -2.31. The summed E-state index contributed by atoms with van der Waals surface area (Å²) in [6.07, 6.45) is 5.86. The van der Waals surface area contributed by atoms with Crippen LogP contribution >= 0.6 is 24.0 Å². The number of aliphatic carboxylic acids is 2. The second-order valence-electron chi connectivity index (χ2n) is 14.1. The van der Waals surface area contributed by atoms with E-state index in [-0.39, 0.29) is 12.4 Å². The van der Waals surface area contributed by atoms with Gasteiger partial charge in [0.1, 0.15) is 5.60 Å². The van der Waals surface area contributed by atoms with Crippen molar-refractivity contribution < 1.29 is 24.5 Å². The van der Waals surface area contributed by atoms with Gasteiger partial charge in [0.15, 0.2) is 0 Å². The van der Waals surface area contributed by atoms with E-state index in [1.54, 1.807) is 0 Å². The van der Waals surface area contributed by atoms with Crippen molar-refractivity contribution >= 4 is 35.9 Å². The molecule has 0 aliphatic carbocycles. The molecule has 0 saturated carbocycles. The van der Waals surface area contributed by atoms with Gasteiger partial charge in [0.2, 0.25) is 0 Å². The quantitative estimate of drug-likeness (QED) is 0.0906. The van der Waals surface area contributed by atoms with Crippen LogP contribution in [0.2, 0.25) is 5.02 Å². The molecule has 9 heteroatoms. The van der Waals surface area contributed by atoms with Crippen LogP contribution in [0.25, 0.3) is 0 Å². The van der Waals surface area contributed by atoms with E-state index in [9.17, 15) is 9.59 Å². The van der Waals surface area contributed by atoms with Crippen LogP contribution in [0.5, 0.6) is 0 Å². The van der Waals surface area contributed by atoms with E-state index >= 15 is 0 Å². The lowest BCUT2D eigenvalue weighted by Gasteiger charge is -2.32. The molecule has 302 valence electrons. The molecule has 0 bridgehead atoms. The molecule has 7 nitrogen and oxygen atoms in total. The Balaban J connectivity index is 0.000000253. The number of rotatable bonds is 15. The van der Waals surface area contributed by atoms with Gasteiger partial charge in [-0.2, -0.15) is 0 Å². The molecule has 57 heavy (non-hydrogen) atoms. The van der Waals surface area contributed by atoms with Crippen molar-refractivity contribution in [3.8, 4) is 0 Å². The van der Waals surface area contributed by atoms with E-state index in [0.29, 0.717) is 30.2 Å². The molecule has 1 fully saturated rings. The van der Waals surface area contributed by atoms with Crippen molar-refractivity contribution in [2.45, 2.75) is 63.1 Å². The van der Waals surface area contributed by atoms with Crippen LogP contribution in [0.1, 0.15) is 79.3 Å². The summed E-state index contributed by atoms with van der Waals surface area (Å²) in [6, 6.07) is 51.7. The molecule has 6 rings (SSSR count). The van der Waals surface area contributed by atoms with Crippen LogP contribution in [0, 0.1) is 0 Å². The van der Waals surface area contributed by atoms with Crippen molar-refractivity contribution in [1.29, 1.82) is 0 Å². The monoisotopic (exact) mass is 810 g/mol. The maximum absolute atomic E-state index is 9.55. The lowest BCUT2D eigenvalue weighted by atomic mass is 9.88. The van der Waals surface area contributed by atoms with E-state index in [1.807, 2.05) is 18.2 Å². The third-order valence-corrected chi connectivity index (χ3v) is 10.4. The zero-order valence-electron chi connectivity index (χ0n) is 33.0. The number of carboxylic acid groups (broad SMARTS) is 2. The zero-order chi connectivity index (χ0) is 40.2. The molecule has 1 aliphatic rings. The number of halogens is 2. The summed E-state index contributed by atoms with van der Waals surface area (Å²) in [4.78, 5) is 21.6. The highest BCUT2D eigenvalue weighted by Gasteiger charge is 2.31. The number of nitrogens with one attached hydrogen (secondary N) is 1. The van der Waals surface area contributed by atoms with Crippen LogP contribution in [-0.2, 0) is 19.9 Å². The van der Waals surface area contributed by atoms with Crippen molar-refractivity contribution in [1.82, 2.24) is 10.2 Å². The minimum atomic E-state index is -1.26. The Morgan fingerprint density at radius 3 is 1.68 bits per heavy atom. The number of hydrogen-bond acceptors (Lipinski definition) is 5. The Hall–Kier alpha value is -4.76. The molecule has 3 atom stereocenters. The lowest BCUT2D eigenvalue weighted by molar-refractivity contribution is -0.134. The number of hydrogen-bond donors (Lipinski definition) is 3. The summed E-state index contributed by atoms with van der Waals surface area (Å²) >= 11 is 6.07. The molecule has 0 amide bonds. The second kappa shape index (κ2) is 24.8. The summed E-state index contributed by atoms with van der Waals surface area (Å²) in [6.45, 7) is 7.34. The molecule has 3 N–H and O–H groups in total. The number of nitrogens with zero attached hydrogens (tertiary/aromatic N) is 1. The summed E-state index contributed by atoms with van der Waals surface area (Å²) in [5, 5.41) is 20.0. The summed E-state index contributed by atoms with van der Waals surface area (Å²) in [7, 11) is 2.22. The maximum Gasteiger partial charge on any atom is 0.328 e. The first-order chi connectivity index (χ1) is 27.1. The predicted octanol–water partition coefficient (Wildman–Crippen LogP) is 10.8. The molecule has 0 spiro atoms. The van der Waals surface area contributed by atoms with Gasteiger partial charge in [-0.1, -0.05) is 145 Å². The Bertz CT molecular complexity index is 1840. The van der Waals surface area contributed by atoms with Gasteiger partial charge < -0.3 is 25.2 Å². The molecular formula is C48H56Cl2N2O5. The van der Waals surface area contributed by atoms with Crippen LogP contribution in [0.3, 0.4) is 0 Å². The standard InChI is InChI=1S/C23H25N.C21H26ClNO.C4H4O4.ClH/c1-19(20-11-5-2-6-12-20)24-18-17-23(21-13-7-3-8-14-21)22-15-9-4-10-16-22;1-21(17-7-4-3-5-8-17,18-10-12-19(22)13-11-18)24-16-14-20-9-6-15-23(20)2;5-3(6)1-2-4(7)8;/h2-16,19,23-24H,17-18H2,1H3;3-5,7-8,10-13,20H,6,9,14-16H2,1-2H3;1-2H,(H,5,6)(H,7,8);1H. The smallest absolute Gasteiger partial charge is 0.328 e. The molecule has 1 aliphatic heterocycles. The summed E-state index contributed by atoms with van der Waals surface area (Å²) in [5.74, 6) is -2.08. The first kappa shape index (κ1) is 46.6. The van der Waals surface area contributed by atoms with Gasteiger partial charge in [0, 0.05) is 41.8 Å². The number of ether oxygens (including phenoxy) is 1. The predicted molar refractivity (Wildman–Crippen MR) is 234 cm³/mol. The number of benzene rings is 5. The average molecular weight is 812 g/mol. The van der Waals surface area contributed by atoms with Crippen molar-refractivity contribution in [2.75, 3.05) is 26.7 Å². The fourth-order valence-corrected chi connectivity index (χ4v) is 7.07. The third kappa shape index (κ3) is 15.6. The summed E-state index contributed by atoms with van der Waals surface area (Å²) < 4.78 is 6.48. The van der Waals surface area contributed by atoms with Gasteiger partial charge in [-0.25, -0.2) is 9.59 Å². The molecular weight excluding hydrogens is 755 g/mol. The van der Waals surface area contributed by atoms with Crippen LogP contribution in [-0.4, -0.2) is 59.8 Å². The first-order valence-electron chi connectivity index (χ1n) is 19.2. The number of carboxylic acids is 2. The van der Waals surface area contributed by atoms with Gasteiger partial charge in [-0.15, -0.1) is 12.4 Å². The normalized spacial score (nSPS) is 15.3. The van der Waals surface area contributed by atoms with Gasteiger partial charge >= 0.3 is 11.9 Å². The topological polar surface area (TPSA) is 99.1 Å². The van der Waals surface area contributed by atoms with E-state index < -0.39 is 17.5 Å². The Morgan fingerprint density at radius 1 is 0.772 bits per heavy atom. The van der Waals surface area contributed by atoms with Crippen molar-refractivity contribution in [2.24, 2.45) is 0 Å². The molecule has 0 radical (unpaired) electrons. The highest BCUT2D eigenvalue weighted by atomic mass is 35.5. The second-order valence-corrected chi connectivity index (χ2v) is 14.5. The van der Waals surface area contributed by atoms with E-state index in [0.717, 1.165) is 36.6 Å². The fraction of sp³-hybridized carbons (Fsp3) is 0.292. The zero-order valence-corrected chi connectivity index (χ0v) is 34.6. The van der Waals surface area contributed by atoms with E-state index in [4.69, 9.17) is 26.6 Å². The van der Waals surface area contributed by atoms with Gasteiger partial charge in [0.25, 0.3) is 0 Å². The average Bonchev–Trinajstić information content (AvgIpc) is 3.64. The molecule has 5 aromatic carbocycles. The SMILES string of the molecule is CC(NCCC(c1ccccc1)c1ccccc1)c1ccccc1.CN1CCCC1CCOC(C)(c1ccccc1)c1ccc(Cl)cc1.Cl.O=C(O)C=CC(=O)O. The highest BCUT2D eigenvalue weighted by Crippen LogP contribution is 2.35. The molecule has 1 heterocycles. The maximum atomic E-state index is 9.55. The molecule has 1 saturated heterocycles. The molecule has 0 aromatic heterocycles. The minimum Gasteiger partial charge on any atom is -0.478 e. The van der Waals surface area contributed by atoms with Crippen molar-refractivity contribution in [3.63, 3.8) is 0 Å². The first-order valence-corrected chi connectivity index (χ1v) is 19.6. The summed E-state index contributed by atoms with van der Waals surface area (Å²) in [5.41, 5.74) is 5.97. The van der Waals surface area contributed by atoms with Crippen LogP contribution < -0.4 is 5.32 Å². The fourth-order valence-electron chi connectivity index (χ4n) is 6.94. The van der Waals surface area contributed by atoms with Crippen LogP contribution in [0.15, 0.2) is 158 Å². The Kier molecular flexibility index (Phi) is 20.3. The van der Waals surface area contributed by atoms with Crippen LogP contribution in [0.4, 0.5) is 0 Å². The van der Waals surface area contributed by atoms with Gasteiger partial charge in [0.05, 0.1) is 0 Å². The molecule has 5 aromatic rings. The Morgan fingerprint density at radius 2 is 1.23 bits per heavy atom. The third-order valence-electron chi connectivity index (χ3n) is 10.2. The molecule has 3 unspecified atom stereocenters. The Labute approximate surface area is 349 Å².